The van der Waals surface area contributed by atoms with Crippen LogP contribution in [0.4, 0.5) is 22.0 Å². The lowest BCUT2D eigenvalue weighted by Crippen LogP contribution is -2.13. The van der Waals surface area contributed by atoms with Gasteiger partial charge in [-0.05, 0) is 12.0 Å². The highest BCUT2D eigenvalue weighted by atomic mass is 19.4. The van der Waals surface area contributed by atoms with Crippen molar-refractivity contribution in [3.8, 4) is 5.88 Å². The number of ether oxygens (including phenoxy) is 1. The Bertz CT molecular complexity index is 389. The predicted molar refractivity (Wildman–Crippen MR) is 50.0 cm³/mol. The number of hydrogen-bond acceptors (Lipinski definition) is 2. The molecule has 1 rings (SSSR count). The summed E-state index contributed by atoms with van der Waals surface area (Å²) in [6, 6.07) is 1.84. The molecule has 0 aromatic carbocycles. The molecule has 0 bridgehead atoms. The van der Waals surface area contributed by atoms with Crippen LogP contribution in [-0.4, -0.2) is 11.6 Å². The Morgan fingerprint density at radius 3 is 2.18 bits per heavy atom. The average Bonchev–Trinajstić information content (AvgIpc) is 2.14. The van der Waals surface area contributed by atoms with Crippen LogP contribution >= 0.6 is 0 Å². The van der Waals surface area contributed by atoms with Crippen molar-refractivity contribution in [1.82, 2.24) is 4.98 Å². The lowest BCUT2D eigenvalue weighted by atomic mass is 10.0. The molecule has 0 saturated carbocycles. The molecule has 0 saturated heterocycles. The standard InChI is InChI=1S/C10H10F5NO/c1-5(2)6-3-4-7(10(13,14)15)16-8(6)17-9(11)12/h3-5,9H,1-2H3. The summed E-state index contributed by atoms with van der Waals surface area (Å²) in [7, 11) is 0. The van der Waals surface area contributed by atoms with E-state index in [0.29, 0.717) is 0 Å². The summed E-state index contributed by atoms with van der Waals surface area (Å²) < 4.78 is 65.1. The SMILES string of the molecule is CC(C)c1ccc(C(F)(F)F)nc1OC(F)F. The maximum atomic E-state index is 12.3. The molecule has 0 spiro atoms. The Kier molecular flexibility index (Phi) is 3.90. The molecule has 0 amide bonds. The zero-order valence-electron chi connectivity index (χ0n) is 9.05. The van der Waals surface area contributed by atoms with E-state index in [-0.39, 0.29) is 11.5 Å². The van der Waals surface area contributed by atoms with Gasteiger partial charge in [0.1, 0.15) is 5.69 Å². The van der Waals surface area contributed by atoms with E-state index in [0.717, 1.165) is 12.1 Å². The molecule has 0 aliphatic heterocycles. The molecule has 17 heavy (non-hydrogen) atoms. The van der Waals surface area contributed by atoms with Gasteiger partial charge in [0.2, 0.25) is 5.88 Å². The van der Waals surface area contributed by atoms with Crippen LogP contribution in [0.25, 0.3) is 0 Å². The normalized spacial score (nSPS) is 12.3. The molecular formula is C10H10F5NO. The molecule has 0 fully saturated rings. The minimum absolute atomic E-state index is 0.207. The maximum Gasteiger partial charge on any atom is 0.433 e. The Hall–Kier alpha value is -1.40. The van der Waals surface area contributed by atoms with Gasteiger partial charge in [-0.2, -0.15) is 22.0 Å². The molecule has 1 heterocycles. The predicted octanol–water partition coefficient (Wildman–Crippen LogP) is 3.83. The number of rotatable bonds is 3. The number of nitrogens with zero attached hydrogens (tertiary/aromatic N) is 1. The Morgan fingerprint density at radius 1 is 1.18 bits per heavy atom. The van der Waals surface area contributed by atoms with Gasteiger partial charge in [0.15, 0.2) is 0 Å². The van der Waals surface area contributed by atoms with Gasteiger partial charge in [0.05, 0.1) is 0 Å². The van der Waals surface area contributed by atoms with E-state index in [2.05, 4.69) is 9.72 Å². The van der Waals surface area contributed by atoms with Crippen LogP contribution in [0.1, 0.15) is 31.0 Å². The van der Waals surface area contributed by atoms with Gasteiger partial charge in [-0.3, -0.25) is 0 Å². The maximum absolute atomic E-state index is 12.3. The van der Waals surface area contributed by atoms with E-state index < -0.39 is 24.4 Å². The molecule has 0 unspecified atom stereocenters. The second-order valence-corrected chi connectivity index (χ2v) is 3.62. The van der Waals surface area contributed by atoms with Crippen molar-refractivity contribution < 1.29 is 26.7 Å². The minimum Gasteiger partial charge on any atom is -0.417 e. The number of pyridine rings is 1. The number of halogens is 5. The van der Waals surface area contributed by atoms with Crippen molar-refractivity contribution in [1.29, 1.82) is 0 Å². The molecule has 2 nitrogen and oxygen atoms in total. The van der Waals surface area contributed by atoms with Crippen molar-refractivity contribution in [2.45, 2.75) is 32.6 Å². The fourth-order valence-electron chi connectivity index (χ4n) is 1.23. The molecule has 0 aliphatic rings. The van der Waals surface area contributed by atoms with Crippen LogP contribution in [0.5, 0.6) is 5.88 Å². The summed E-state index contributed by atoms with van der Waals surface area (Å²) in [6.45, 7) is 0.0778. The van der Waals surface area contributed by atoms with Gasteiger partial charge < -0.3 is 4.74 Å². The highest BCUT2D eigenvalue weighted by Crippen LogP contribution is 2.33. The first-order chi connectivity index (χ1) is 7.71. The Balaban J connectivity index is 3.19. The Labute approximate surface area is 94.4 Å². The minimum atomic E-state index is -4.68. The van der Waals surface area contributed by atoms with E-state index in [1.54, 1.807) is 13.8 Å². The van der Waals surface area contributed by atoms with Crippen LogP contribution in [0.15, 0.2) is 12.1 Å². The van der Waals surface area contributed by atoms with Gasteiger partial charge in [-0.25, -0.2) is 4.98 Å². The second-order valence-electron chi connectivity index (χ2n) is 3.62. The van der Waals surface area contributed by atoms with Gasteiger partial charge in [0, 0.05) is 5.56 Å². The first-order valence-corrected chi connectivity index (χ1v) is 4.74. The van der Waals surface area contributed by atoms with Crippen LogP contribution in [-0.2, 0) is 6.18 Å². The van der Waals surface area contributed by atoms with Crippen molar-refractivity contribution in [2.24, 2.45) is 0 Å². The summed E-state index contributed by atoms with van der Waals surface area (Å²) in [5.74, 6) is -0.941. The zero-order chi connectivity index (χ0) is 13.2. The molecule has 7 heteroatoms. The van der Waals surface area contributed by atoms with Crippen molar-refractivity contribution in [3.05, 3.63) is 23.4 Å². The van der Waals surface area contributed by atoms with Crippen molar-refractivity contribution in [2.75, 3.05) is 0 Å². The van der Waals surface area contributed by atoms with Crippen molar-refractivity contribution >= 4 is 0 Å². The summed E-state index contributed by atoms with van der Waals surface area (Å²) in [4.78, 5) is 3.08. The van der Waals surface area contributed by atoms with Gasteiger partial charge in [-0.1, -0.05) is 19.9 Å². The molecule has 1 aromatic heterocycles. The second kappa shape index (κ2) is 4.85. The van der Waals surface area contributed by atoms with Gasteiger partial charge in [0.25, 0.3) is 0 Å². The zero-order valence-corrected chi connectivity index (χ0v) is 9.05. The topological polar surface area (TPSA) is 22.1 Å². The van der Waals surface area contributed by atoms with E-state index in [4.69, 9.17) is 0 Å². The van der Waals surface area contributed by atoms with E-state index in [9.17, 15) is 22.0 Å². The highest BCUT2D eigenvalue weighted by Gasteiger charge is 2.33. The average molecular weight is 255 g/mol. The smallest absolute Gasteiger partial charge is 0.417 e. The third-order valence-corrected chi connectivity index (χ3v) is 2.00. The molecule has 0 aliphatic carbocycles. The first-order valence-electron chi connectivity index (χ1n) is 4.74. The monoisotopic (exact) mass is 255 g/mol. The first kappa shape index (κ1) is 13.7. The van der Waals surface area contributed by atoms with Crippen LogP contribution in [0.3, 0.4) is 0 Å². The molecular weight excluding hydrogens is 245 g/mol. The third-order valence-electron chi connectivity index (χ3n) is 2.00. The van der Waals surface area contributed by atoms with Gasteiger partial charge >= 0.3 is 12.8 Å². The summed E-state index contributed by atoms with van der Waals surface area (Å²) in [6.07, 6.45) is -4.68. The third kappa shape index (κ3) is 3.54. The molecule has 1 aromatic rings. The Morgan fingerprint density at radius 2 is 1.76 bits per heavy atom. The largest absolute Gasteiger partial charge is 0.433 e. The number of aromatic nitrogens is 1. The van der Waals surface area contributed by atoms with E-state index in [1.807, 2.05) is 0 Å². The number of alkyl halides is 5. The van der Waals surface area contributed by atoms with E-state index >= 15 is 0 Å². The lowest BCUT2D eigenvalue weighted by molar-refractivity contribution is -0.142. The molecule has 0 atom stereocenters. The number of hydrogen-bond donors (Lipinski definition) is 0. The van der Waals surface area contributed by atoms with Crippen LogP contribution in [0.2, 0.25) is 0 Å². The quantitative estimate of drug-likeness (QED) is 0.766. The highest BCUT2D eigenvalue weighted by molar-refractivity contribution is 5.31. The molecule has 0 radical (unpaired) electrons. The van der Waals surface area contributed by atoms with Crippen LogP contribution < -0.4 is 4.74 Å². The lowest BCUT2D eigenvalue weighted by Gasteiger charge is -2.14. The van der Waals surface area contributed by atoms with Crippen molar-refractivity contribution in [3.63, 3.8) is 0 Å². The van der Waals surface area contributed by atoms with E-state index in [1.165, 1.54) is 0 Å². The van der Waals surface area contributed by atoms with Crippen LogP contribution in [0, 0.1) is 0 Å². The summed E-state index contributed by atoms with van der Waals surface area (Å²) in [5, 5.41) is 0. The molecule has 96 valence electrons. The summed E-state index contributed by atoms with van der Waals surface area (Å²) in [5.41, 5.74) is -1.05. The fraction of sp³-hybridized carbons (Fsp3) is 0.500. The summed E-state index contributed by atoms with van der Waals surface area (Å²) >= 11 is 0. The fourth-order valence-corrected chi connectivity index (χ4v) is 1.23. The van der Waals surface area contributed by atoms with Gasteiger partial charge in [-0.15, -0.1) is 0 Å². The molecule has 0 N–H and O–H groups in total.